The second-order valence-corrected chi connectivity index (χ2v) is 2.54. The Balaban J connectivity index is 3.99. The van der Waals surface area contributed by atoms with Crippen LogP contribution in [0.5, 0.6) is 0 Å². The molecule has 0 spiro atoms. The van der Waals surface area contributed by atoms with Gasteiger partial charge in [-0.1, -0.05) is 13.8 Å². The van der Waals surface area contributed by atoms with E-state index in [1.807, 2.05) is 13.8 Å². The van der Waals surface area contributed by atoms with E-state index >= 15 is 0 Å². The first-order valence-electron chi connectivity index (χ1n) is 3.10. The molecular weight excluding hydrogens is 135 g/mol. The minimum Gasteiger partial charge on any atom is -0.478 e. The van der Waals surface area contributed by atoms with Crippen molar-refractivity contribution in [2.75, 3.05) is 0 Å². The van der Waals surface area contributed by atoms with E-state index in [1.165, 1.54) is 0 Å². The van der Waals surface area contributed by atoms with E-state index in [-0.39, 0.29) is 24.2 Å². The van der Waals surface area contributed by atoms with Crippen molar-refractivity contribution < 1.29 is 14.3 Å². The maximum Gasteiger partial charge on any atom is 0.333 e. The average Bonchev–Trinajstić information content (AvgIpc) is 1.81. The van der Waals surface area contributed by atoms with Gasteiger partial charge in [-0.05, 0) is 12.3 Å². The zero-order valence-electron chi connectivity index (χ0n) is 6.10. The Bertz CT molecular complexity index is 150. The second-order valence-electron chi connectivity index (χ2n) is 2.54. The maximum absolute atomic E-state index is 11.7. The highest BCUT2D eigenvalue weighted by atomic mass is 19.1. The summed E-state index contributed by atoms with van der Waals surface area (Å²) in [6.07, 6.45) is 0.439. The van der Waals surface area contributed by atoms with E-state index in [1.54, 1.807) is 0 Å². The van der Waals surface area contributed by atoms with E-state index in [0.717, 1.165) is 0 Å². The lowest BCUT2D eigenvalue weighted by Crippen LogP contribution is -2.02. The van der Waals surface area contributed by atoms with Crippen molar-refractivity contribution in [2.24, 2.45) is 5.92 Å². The van der Waals surface area contributed by atoms with Gasteiger partial charge in [-0.3, -0.25) is 0 Å². The first kappa shape index (κ1) is 9.14. The van der Waals surface area contributed by atoms with Crippen LogP contribution in [-0.4, -0.2) is 11.1 Å². The predicted molar refractivity (Wildman–Crippen MR) is 36.3 cm³/mol. The summed E-state index contributed by atoms with van der Waals surface area (Å²) in [6, 6.07) is 0. The molecule has 0 aliphatic heterocycles. The van der Waals surface area contributed by atoms with Crippen LogP contribution in [0.15, 0.2) is 11.9 Å². The molecule has 3 heteroatoms. The molecule has 0 aliphatic rings. The minimum atomic E-state index is -1.17. The van der Waals surface area contributed by atoms with Gasteiger partial charge in [0.2, 0.25) is 0 Å². The lowest BCUT2D eigenvalue weighted by Gasteiger charge is -2.02. The fraction of sp³-hybridized carbons (Fsp3) is 0.571. The van der Waals surface area contributed by atoms with Crippen LogP contribution >= 0.6 is 0 Å². The lowest BCUT2D eigenvalue weighted by molar-refractivity contribution is -0.133. The number of rotatable bonds is 3. The number of hydrogen-bond donors (Lipinski definition) is 1. The number of halogens is 1. The van der Waals surface area contributed by atoms with Crippen LogP contribution in [0.4, 0.5) is 4.39 Å². The van der Waals surface area contributed by atoms with Crippen LogP contribution in [0.3, 0.4) is 0 Å². The summed E-state index contributed by atoms with van der Waals surface area (Å²) in [5, 5.41) is 8.31. The van der Waals surface area contributed by atoms with Crippen LogP contribution in [0.25, 0.3) is 0 Å². The fourth-order valence-electron chi connectivity index (χ4n) is 0.618. The molecule has 0 aliphatic carbocycles. The first-order valence-corrected chi connectivity index (χ1v) is 3.10. The quantitative estimate of drug-likeness (QED) is 0.618. The van der Waals surface area contributed by atoms with Gasteiger partial charge < -0.3 is 5.11 Å². The molecule has 58 valence electrons. The number of hydrogen-bond acceptors (Lipinski definition) is 1. The molecule has 0 fully saturated rings. The maximum atomic E-state index is 11.7. The smallest absolute Gasteiger partial charge is 0.333 e. The molecule has 0 amide bonds. The number of carboxylic acids is 1. The van der Waals surface area contributed by atoms with E-state index in [9.17, 15) is 9.18 Å². The van der Waals surface area contributed by atoms with Gasteiger partial charge in [0.25, 0.3) is 0 Å². The van der Waals surface area contributed by atoms with Gasteiger partial charge in [0.1, 0.15) is 0 Å². The summed E-state index contributed by atoms with van der Waals surface area (Å²) in [7, 11) is 0. The molecule has 0 rings (SSSR count). The van der Waals surface area contributed by atoms with Crippen molar-refractivity contribution in [3.63, 3.8) is 0 Å². The van der Waals surface area contributed by atoms with Gasteiger partial charge >= 0.3 is 5.97 Å². The fourth-order valence-corrected chi connectivity index (χ4v) is 0.618. The van der Waals surface area contributed by atoms with Crippen molar-refractivity contribution in [1.82, 2.24) is 0 Å². The summed E-state index contributed by atoms with van der Waals surface area (Å²) < 4.78 is 11.7. The zero-order valence-corrected chi connectivity index (χ0v) is 6.10. The topological polar surface area (TPSA) is 37.3 Å². The van der Waals surface area contributed by atoms with Gasteiger partial charge in [0.05, 0.1) is 11.9 Å². The van der Waals surface area contributed by atoms with Gasteiger partial charge in [-0.2, -0.15) is 0 Å². The van der Waals surface area contributed by atoms with E-state index in [2.05, 4.69) is 0 Å². The van der Waals surface area contributed by atoms with Crippen LogP contribution in [0.1, 0.15) is 20.3 Å². The third-order valence-electron chi connectivity index (χ3n) is 1.03. The highest BCUT2D eigenvalue weighted by Crippen LogP contribution is 2.10. The van der Waals surface area contributed by atoms with Gasteiger partial charge in [0, 0.05) is 0 Å². The molecule has 0 bridgehead atoms. The van der Waals surface area contributed by atoms with Crippen molar-refractivity contribution in [3.8, 4) is 0 Å². The third-order valence-corrected chi connectivity index (χ3v) is 1.03. The standard InChI is InChI=1S/C7H11FO2/c1-5(2)3-6(4-8)7(9)10/h4-5H,3H2,1-2H3,(H,9,10)/b6-4-. The molecule has 0 saturated carbocycles. The Morgan fingerprint density at radius 1 is 1.70 bits per heavy atom. The Morgan fingerprint density at radius 3 is 2.30 bits per heavy atom. The van der Waals surface area contributed by atoms with Gasteiger partial charge in [-0.15, -0.1) is 0 Å². The van der Waals surface area contributed by atoms with Crippen LogP contribution in [-0.2, 0) is 4.79 Å². The first-order chi connectivity index (χ1) is 4.57. The van der Waals surface area contributed by atoms with Crippen LogP contribution < -0.4 is 0 Å². The second kappa shape index (κ2) is 4.04. The summed E-state index contributed by atoms with van der Waals surface area (Å²) in [5.74, 6) is -0.991. The summed E-state index contributed by atoms with van der Waals surface area (Å²) >= 11 is 0. The molecule has 10 heavy (non-hydrogen) atoms. The molecule has 0 radical (unpaired) electrons. The van der Waals surface area contributed by atoms with E-state index in [4.69, 9.17) is 5.11 Å². The highest BCUT2D eigenvalue weighted by Gasteiger charge is 2.08. The van der Waals surface area contributed by atoms with E-state index < -0.39 is 5.97 Å². The van der Waals surface area contributed by atoms with Gasteiger partial charge in [-0.25, -0.2) is 9.18 Å². The number of carbonyl (C=O) groups is 1. The van der Waals surface area contributed by atoms with Crippen molar-refractivity contribution in [1.29, 1.82) is 0 Å². The molecule has 1 N–H and O–H groups in total. The molecule has 0 heterocycles. The lowest BCUT2D eigenvalue weighted by atomic mass is 10.0. The Kier molecular flexibility index (Phi) is 3.69. The van der Waals surface area contributed by atoms with Gasteiger partial charge in [0.15, 0.2) is 0 Å². The molecule has 0 atom stereocenters. The number of carboxylic acid groups (broad SMARTS) is 1. The molecule has 2 nitrogen and oxygen atoms in total. The Morgan fingerprint density at radius 2 is 2.20 bits per heavy atom. The SMILES string of the molecule is CC(C)C/C(=C/F)C(=O)O. The number of aliphatic carboxylic acids is 1. The zero-order chi connectivity index (χ0) is 8.15. The summed E-state index contributed by atoms with van der Waals surface area (Å²) in [5.41, 5.74) is -0.157. The molecule has 0 unspecified atom stereocenters. The molecular formula is C7H11FO2. The van der Waals surface area contributed by atoms with Crippen LogP contribution in [0, 0.1) is 5.92 Å². The summed E-state index contributed by atoms with van der Waals surface area (Å²) in [4.78, 5) is 10.2. The largest absolute Gasteiger partial charge is 0.478 e. The van der Waals surface area contributed by atoms with Crippen molar-refractivity contribution in [3.05, 3.63) is 11.9 Å². The highest BCUT2D eigenvalue weighted by molar-refractivity contribution is 5.86. The average molecular weight is 146 g/mol. The Hall–Kier alpha value is -0.860. The van der Waals surface area contributed by atoms with Crippen molar-refractivity contribution >= 4 is 5.97 Å². The van der Waals surface area contributed by atoms with Crippen molar-refractivity contribution in [2.45, 2.75) is 20.3 Å². The molecule has 0 aromatic carbocycles. The normalized spacial score (nSPS) is 12.2. The predicted octanol–water partition coefficient (Wildman–Crippen LogP) is 1.97. The minimum absolute atomic E-state index is 0.155. The molecule has 0 saturated heterocycles. The summed E-state index contributed by atoms with van der Waals surface area (Å²) in [6.45, 7) is 3.68. The van der Waals surface area contributed by atoms with E-state index in [0.29, 0.717) is 0 Å². The third kappa shape index (κ3) is 3.22. The molecule has 0 aromatic rings. The molecule has 0 aromatic heterocycles. The Labute approximate surface area is 59.4 Å². The monoisotopic (exact) mass is 146 g/mol. The van der Waals surface area contributed by atoms with Crippen LogP contribution in [0.2, 0.25) is 0 Å².